The molecular weight excluding hydrogens is 362 g/mol. The molecule has 142 valence electrons. The molecule has 0 spiro atoms. The van der Waals surface area contributed by atoms with Crippen LogP contribution in [0.5, 0.6) is 5.75 Å². The van der Waals surface area contributed by atoms with Crippen LogP contribution in [0.1, 0.15) is 37.8 Å². The highest BCUT2D eigenvalue weighted by Gasteiger charge is 2.41. The van der Waals surface area contributed by atoms with E-state index in [2.05, 4.69) is 4.98 Å². The molecule has 2 fully saturated rings. The Morgan fingerprint density at radius 3 is 2.78 bits per heavy atom. The summed E-state index contributed by atoms with van der Waals surface area (Å²) in [5, 5.41) is 2.79. The molecule has 2 aliphatic carbocycles. The van der Waals surface area contributed by atoms with Crippen LogP contribution in [0, 0.1) is 17.8 Å². The van der Waals surface area contributed by atoms with Gasteiger partial charge in [0.2, 0.25) is 0 Å². The van der Waals surface area contributed by atoms with Gasteiger partial charge in [0.05, 0.1) is 18.7 Å². The SMILES string of the molecule is COc1cccc(-c2nc(COC(=O)C3CC4CCCC(C3)C4=O)cs2)c1. The third kappa shape index (κ3) is 3.90. The molecule has 1 aromatic heterocycles. The molecule has 2 saturated carbocycles. The lowest BCUT2D eigenvalue weighted by Crippen LogP contribution is -2.39. The molecule has 2 aromatic rings. The van der Waals surface area contributed by atoms with Crippen molar-refractivity contribution < 1.29 is 19.1 Å². The zero-order valence-electron chi connectivity index (χ0n) is 15.3. The lowest BCUT2D eigenvalue weighted by atomic mass is 9.67. The van der Waals surface area contributed by atoms with Crippen molar-refractivity contribution in [2.24, 2.45) is 17.8 Å². The number of hydrogen-bond donors (Lipinski definition) is 0. The minimum Gasteiger partial charge on any atom is -0.497 e. The number of ketones is 1. The van der Waals surface area contributed by atoms with Gasteiger partial charge in [0.25, 0.3) is 0 Å². The summed E-state index contributed by atoms with van der Waals surface area (Å²) in [5.74, 6) is 0.952. The Labute approximate surface area is 162 Å². The highest BCUT2D eigenvalue weighted by molar-refractivity contribution is 7.13. The van der Waals surface area contributed by atoms with Gasteiger partial charge < -0.3 is 9.47 Å². The molecule has 2 aliphatic rings. The summed E-state index contributed by atoms with van der Waals surface area (Å²) in [6, 6.07) is 7.74. The first-order chi connectivity index (χ1) is 13.1. The van der Waals surface area contributed by atoms with Gasteiger partial charge >= 0.3 is 5.97 Å². The van der Waals surface area contributed by atoms with E-state index in [-0.39, 0.29) is 30.3 Å². The minimum atomic E-state index is -0.185. The Bertz CT molecular complexity index is 830. The summed E-state index contributed by atoms with van der Waals surface area (Å²) in [4.78, 5) is 29.2. The van der Waals surface area contributed by atoms with Crippen LogP contribution in [0.15, 0.2) is 29.6 Å². The van der Waals surface area contributed by atoms with E-state index in [9.17, 15) is 9.59 Å². The predicted molar refractivity (Wildman–Crippen MR) is 102 cm³/mol. The summed E-state index contributed by atoms with van der Waals surface area (Å²) in [6.45, 7) is 0.180. The predicted octanol–water partition coefficient (Wildman–Crippen LogP) is 4.26. The standard InChI is InChI=1S/C21H23NO4S/c1-25-18-7-3-6-15(10-18)20-22-17(12-27-20)11-26-21(24)16-8-13-4-2-5-14(9-16)19(13)23/h3,6-7,10,12-14,16H,2,4-5,8-9,11H2,1H3. The number of aromatic nitrogens is 1. The van der Waals surface area contributed by atoms with Crippen LogP contribution < -0.4 is 4.74 Å². The topological polar surface area (TPSA) is 65.5 Å². The second-order valence-electron chi connectivity index (χ2n) is 7.38. The van der Waals surface area contributed by atoms with Crippen molar-refractivity contribution in [3.8, 4) is 16.3 Å². The van der Waals surface area contributed by atoms with Crippen molar-refractivity contribution in [2.75, 3.05) is 7.11 Å². The van der Waals surface area contributed by atoms with E-state index in [0.29, 0.717) is 18.6 Å². The van der Waals surface area contributed by atoms with Crippen molar-refractivity contribution in [1.29, 1.82) is 0 Å². The van der Waals surface area contributed by atoms with Crippen molar-refractivity contribution in [2.45, 2.75) is 38.7 Å². The molecule has 0 radical (unpaired) electrons. The van der Waals surface area contributed by atoms with Crippen molar-refractivity contribution in [3.63, 3.8) is 0 Å². The van der Waals surface area contributed by atoms with Gasteiger partial charge in [-0.25, -0.2) is 4.98 Å². The maximum atomic E-state index is 12.5. The van der Waals surface area contributed by atoms with Gasteiger partial charge in [0.15, 0.2) is 0 Å². The molecule has 2 atom stereocenters. The number of carbonyl (C=O) groups is 2. The molecule has 5 nitrogen and oxygen atoms in total. The van der Waals surface area contributed by atoms with Crippen LogP contribution in [-0.2, 0) is 20.9 Å². The van der Waals surface area contributed by atoms with E-state index in [1.54, 1.807) is 7.11 Å². The lowest BCUT2D eigenvalue weighted by Gasteiger charge is -2.36. The van der Waals surface area contributed by atoms with Crippen LogP contribution in [0.25, 0.3) is 10.6 Å². The van der Waals surface area contributed by atoms with E-state index in [1.165, 1.54) is 11.3 Å². The fourth-order valence-electron chi connectivity index (χ4n) is 4.20. The number of benzene rings is 1. The van der Waals surface area contributed by atoms with E-state index in [4.69, 9.17) is 9.47 Å². The van der Waals surface area contributed by atoms with Crippen LogP contribution in [0.4, 0.5) is 0 Å². The summed E-state index contributed by atoms with van der Waals surface area (Å²) < 4.78 is 10.8. The number of ether oxygens (including phenoxy) is 2. The largest absolute Gasteiger partial charge is 0.497 e. The molecule has 4 rings (SSSR count). The van der Waals surface area contributed by atoms with Gasteiger partial charge in [-0.3, -0.25) is 9.59 Å². The van der Waals surface area contributed by atoms with Crippen LogP contribution >= 0.6 is 11.3 Å². The van der Waals surface area contributed by atoms with Crippen molar-refractivity contribution >= 4 is 23.1 Å². The Kier molecular flexibility index (Phi) is 5.25. The quantitative estimate of drug-likeness (QED) is 0.720. The van der Waals surface area contributed by atoms with E-state index < -0.39 is 0 Å². The normalized spacial score (nSPS) is 24.5. The summed E-state index contributed by atoms with van der Waals surface area (Å²) in [7, 11) is 1.64. The number of Topliss-reactive ketones (excluding diaryl/α,β-unsaturated/α-hetero) is 1. The van der Waals surface area contributed by atoms with Crippen LogP contribution in [0.3, 0.4) is 0 Å². The Morgan fingerprint density at radius 2 is 2.04 bits per heavy atom. The molecule has 2 bridgehead atoms. The number of thiazole rings is 1. The number of esters is 1. The summed E-state index contributed by atoms with van der Waals surface area (Å²) in [5.41, 5.74) is 1.73. The fraction of sp³-hybridized carbons (Fsp3) is 0.476. The second kappa shape index (κ2) is 7.80. The number of fused-ring (bicyclic) bond motifs is 2. The smallest absolute Gasteiger partial charge is 0.309 e. The summed E-state index contributed by atoms with van der Waals surface area (Å²) in [6.07, 6.45) is 4.26. The Hall–Kier alpha value is -2.21. The van der Waals surface area contributed by atoms with Crippen molar-refractivity contribution in [3.05, 3.63) is 35.3 Å². The molecule has 0 aliphatic heterocycles. The van der Waals surface area contributed by atoms with Crippen LogP contribution in [0.2, 0.25) is 0 Å². The molecular formula is C21H23NO4S. The average molecular weight is 385 g/mol. The molecule has 0 saturated heterocycles. The maximum Gasteiger partial charge on any atom is 0.309 e. The number of methoxy groups -OCH3 is 1. The number of rotatable bonds is 5. The van der Waals surface area contributed by atoms with Gasteiger partial charge in [-0.05, 0) is 37.8 Å². The first kappa shape index (κ1) is 18.2. The zero-order valence-corrected chi connectivity index (χ0v) is 16.2. The van der Waals surface area contributed by atoms with Crippen molar-refractivity contribution in [1.82, 2.24) is 4.98 Å². The molecule has 1 heterocycles. The maximum absolute atomic E-state index is 12.5. The average Bonchev–Trinajstić information content (AvgIpc) is 3.15. The van der Waals surface area contributed by atoms with E-state index in [0.717, 1.165) is 41.3 Å². The van der Waals surface area contributed by atoms with Gasteiger partial charge in [0, 0.05) is 22.8 Å². The third-order valence-electron chi connectivity index (χ3n) is 5.61. The molecule has 6 heteroatoms. The molecule has 0 N–H and O–H groups in total. The Balaban J connectivity index is 1.36. The van der Waals surface area contributed by atoms with Gasteiger partial charge in [-0.2, -0.15) is 0 Å². The number of hydrogen-bond acceptors (Lipinski definition) is 6. The van der Waals surface area contributed by atoms with E-state index >= 15 is 0 Å². The first-order valence-electron chi connectivity index (χ1n) is 9.43. The summed E-state index contributed by atoms with van der Waals surface area (Å²) >= 11 is 1.52. The Morgan fingerprint density at radius 1 is 1.26 bits per heavy atom. The fourth-order valence-corrected chi connectivity index (χ4v) is 5.00. The third-order valence-corrected chi connectivity index (χ3v) is 6.55. The van der Waals surface area contributed by atoms with Gasteiger partial charge in [0.1, 0.15) is 23.1 Å². The highest BCUT2D eigenvalue weighted by atomic mass is 32.1. The highest BCUT2D eigenvalue weighted by Crippen LogP contribution is 2.40. The monoisotopic (exact) mass is 385 g/mol. The molecule has 1 aromatic carbocycles. The van der Waals surface area contributed by atoms with E-state index in [1.807, 2.05) is 29.6 Å². The first-order valence-corrected chi connectivity index (χ1v) is 10.3. The molecule has 27 heavy (non-hydrogen) atoms. The van der Waals surface area contributed by atoms with Crippen LogP contribution in [-0.4, -0.2) is 23.8 Å². The second-order valence-corrected chi connectivity index (χ2v) is 8.24. The number of carbonyl (C=O) groups excluding carboxylic acids is 2. The molecule has 0 amide bonds. The lowest BCUT2D eigenvalue weighted by molar-refractivity contribution is -0.154. The zero-order chi connectivity index (χ0) is 18.8. The molecule has 2 unspecified atom stereocenters. The van der Waals surface area contributed by atoms with Gasteiger partial charge in [-0.1, -0.05) is 18.6 Å². The number of nitrogens with zero attached hydrogens (tertiary/aromatic N) is 1. The minimum absolute atomic E-state index is 0.0639. The van der Waals surface area contributed by atoms with Gasteiger partial charge in [-0.15, -0.1) is 11.3 Å².